The molecular weight excluding hydrogens is 421 g/mol. The minimum Gasteiger partial charge on any atom is -0.294 e. The van der Waals surface area contributed by atoms with Crippen molar-refractivity contribution in [2.75, 3.05) is 4.93 Å². The second kappa shape index (κ2) is 9.27. The van der Waals surface area contributed by atoms with Gasteiger partial charge in [0.15, 0.2) is 5.78 Å². The van der Waals surface area contributed by atoms with Gasteiger partial charge in [-0.05, 0) is 83.6 Å². The number of Topliss-reactive ketones (excluding diaryl/α,β-unsaturated/α-hetero) is 1. The Morgan fingerprint density at radius 1 is 1.12 bits per heavy atom. The van der Waals surface area contributed by atoms with Crippen molar-refractivity contribution in [3.05, 3.63) is 64.5 Å². The number of aryl methyl sites for hydroxylation is 2. The molecule has 3 heteroatoms. The van der Waals surface area contributed by atoms with Crippen molar-refractivity contribution >= 4 is 39.5 Å². The number of allylic oxidation sites excluding steroid dienone is 2. The maximum absolute atomic E-state index is 12.0. The second-order valence-corrected chi connectivity index (χ2v) is 6.30. The smallest absolute Gasteiger partial charge is 0.162 e. The monoisotopic (exact) mass is 447 g/mol. The van der Waals surface area contributed by atoms with Gasteiger partial charge in [0.05, 0.1) is 0 Å². The number of benzene rings is 1. The van der Waals surface area contributed by atoms with Gasteiger partial charge >= 0.3 is 0 Å². The van der Waals surface area contributed by atoms with Crippen LogP contribution in [-0.4, -0.2) is 15.7 Å². The quantitative estimate of drug-likeness (QED) is 0.314. The van der Waals surface area contributed by atoms with Gasteiger partial charge in [-0.3, -0.25) is 9.78 Å². The Bertz CT molecular complexity index is 792. The standard InChI is InChI=1S/C21H23NO.CH3I/c1-4-21(23)17-8-9-19-15(3)20(7-5-6-16(19)12-17)18-10-11-22-13-14(18)2;1-2/h8-13H,4-7H2,1-3H3;1H3. The molecule has 0 N–H and O–H groups in total. The van der Waals surface area contributed by atoms with Crippen LogP contribution in [0.2, 0.25) is 0 Å². The van der Waals surface area contributed by atoms with Crippen LogP contribution in [0.25, 0.3) is 11.1 Å². The summed E-state index contributed by atoms with van der Waals surface area (Å²) in [6.45, 7) is 6.25. The SMILES string of the molecule is CCC(=O)c1ccc2c(c1)CCCC(c1ccncc1C)=C2C.CI. The van der Waals surface area contributed by atoms with E-state index in [4.69, 9.17) is 0 Å². The molecule has 0 aliphatic heterocycles. The average molecular weight is 447 g/mol. The molecule has 132 valence electrons. The molecule has 0 unspecified atom stereocenters. The van der Waals surface area contributed by atoms with Gasteiger partial charge in [-0.1, -0.05) is 41.6 Å². The minimum atomic E-state index is 0.226. The Hall–Kier alpha value is -1.49. The van der Waals surface area contributed by atoms with Crippen molar-refractivity contribution in [3.63, 3.8) is 0 Å². The van der Waals surface area contributed by atoms with Crippen molar-refractivity contribution in [2.45, 2.75) is 46.5 Å². The maximum Gasteiger partial charge on any atom is 0.162 e. The normalized spacial score (nSPS) is 13.5. The zero-order valence-electron chi connectivity index (χ0n) is 15.5. The third-order valence-corrected chi connectivity index (χ3v) is 4.82. The first-order valence-corrected chi connectivity index (χ1v) is 10.9. The summed E-state index contributed by atoms with van der Waals surface area (Å²) < 4.78 is 0. The van der Waals surface area contributed by atoms with E-state index in [-0.39, 0.29) is 5.78 Å². The number of carbonyl (C=O) groups excluding carboxylic acids is 1. The van der Waals surface area contributed by atoms with E-state index in [1.807, 2.05) is 30.3 Å². The summed E-state index contributed by atoms with van der Waals surface area (Å²) in [6, 6.07) is 8.34. The van der Waals surface area contributed by atoms with Crippen molar-refractivity contribution in [3.8, 4) is 0 Å². The first-order chi connectivity index (χ1) is 12.1. The molecule has 0 spiro atoms. The van der Waals surface area contributed by atoms with Gasteiger partial charge in [-0.15, -0.1) is 0 Å². The summed E-state index contributed by atoms with van der Waals surface area (Å²) >= 11 is 2.15. The average Bonchev–Trinajstić information content (AvgIpc) is 2.82. The molecule has 0 radical (unpaired) electrons. The highest BCUT2D eigenvalue weighted by Crippen LogP contribution is 2.36. The summed E-state index contributed by atoms with van der Waals surface area (Å²) in [5, 5.41) is 0. The van der Waals surface area contributed by atoms with Crippen LogP contribution >= 0.6 is 22.6 Å². The molecule has 1 aliphatic carbocycles. The lowest BCUT2D eigenvalue weighted by molar-refractivity contribution is 0.0988. The number of hydrogen-bond donors (Lipinski definition) is 0. The van der Waals surface area contributed by atoms with Gasteiger partial charge in [0, 0.05) is 24.4 Å². The van der Waals surface area contributed by atoms with E-state index < -0.39 is 0 Å². The summed E-state index contributed by atoms with van der Waals surface area (Å²) in [4.78, 5) is 18.2. The van der Waals surface area contributed by atoms with E-state index in [1.54, 1.807) is 0 Å². The Morgan fingerprint density at radius 3 is 2.56 bits per heavy atom. The highest BCUT2D eigenvalue weighted by atomic mass is 127. The molecule has 0 saturated carbocycles. The van der Waals surface area contributed by atoms with E-state index in [2.05, 4.69) is 59.6 Å². The molecule has 1 heterocycles. The van der Waals surface area contributed by atoms with Crippen LogP contribution in [0, 0.1) is 6.92 Å². The molecule has 2 nitrogen and oxygen atoms in total. The molecule has 0 saturated heterocycles. The number of aromatic nitrogens is 1. The maximum atomic E-state index is 12.0. The highest BCUT2D eigenvalue weighted by Gasteiger charge is 2.18. The van der Waals surface area contributed by atoms with Crippen molar-refractivity contribution < 1.29 is 4.79 Å². The molecule has 1 aliphatic rings. The van der Waals surface area contributed by atoms with Crippen LogP contribution in [0.3, 0.4) is 0 Å². The Morgan fingerprint density at radius 2 is 1.88 bits per heavy atom. The Kier molecular flexibility index (Phi) is 7.36. The number of fused-ring (bicyclic) bond motifs is 1. The molecule has 2 aromatic rings. The second-order valence-electron chi connectivity index (χ2n) is 6.30. The van der Waals surface area contributed by atoms with Gasteiger partial charge in [0.2, 0.25) is 0 Å². The molecule has 0 bridgehead atoms. The largest absolute Gasteiger partial charge is 0.294 e. The van der Waals surface area contributed by atoms with Crippen LogP contribution in [0.4, 0.5) is 0 Å². The van der Waals surface area contributed by atoms with Gasteiger partial charge < -0.3 is 0 Å². The summed E-state index contributed by atoms with van der Waals surface area (Å²) in [7, 11) is 0. The fourth-order valence-corrected chi connectivity index (χ4v) is 3.50. The molecule has 0 amide bonds. The zero-order valence-corrected chi connectivity index (χ0v) is 17.7. The lowest BCUT2D eigenvalue weighted by Crippen LogP contribution is -2.00. The van der Waals surface area contributed by atoms with E-state index in [9.17, 15) is 4.79 Å². The molecule has 25 heavy (non-hydrogen) atoms. The number of alkyl halides is 1. The lowest BCUT2D eigenvalue weighted by atomic mass is 9.91. The molecule has 1 aromatic carbocycles. The first kappa shape index (κ1) is 19.8. The summed E-state index contributed by atoms with van der Waals surface area (Å²) in [5.74, 6) is 0.226. The molecule has 3 rings (SSSR count). The van der Waals surface area contributed by atoms with Crippen molar-refractivity contribution in [2.24, 2.45) is 0 Å². The first-order valence-electron chi connectivity index (χ1n) is 8.76. The molecule has 1 aromatic heterocycles. The molecule has 0 atom stereocenters. The lowest BCUT2D eigenvalue weighted by Gasteiger charge is -2.14. The van der Waals surface area contributed by atoms with E-state index >= 15 is 0 Å². The number of ketones is 1. The Labute approximate surface area is 164 Å². The number of pyridine rings is 1. The van der Waals surface area contributed by atoms with Crippen LogP contribution in [0.1, 0.15) is 65.7 Å². The predicted octanol–water partition coefficient (Wildman–Crippen LogP) is 6.30. The van der Waals surface area contributed by atoms with Gasteiger partial charge in [-0.2, -0.15) is 0 Å². The number of nitrogens with zero attached hydrogens (tertiary/aromatic N) is 1. The van der Waals surface area contributed by atoms with Gasteiger partial charge in [0.1, 0.15) is 0 Å². The third kappa shape index (κ3) is 4.38. The highest BCUT2D eigenvalue weighted by molar-refractivity contribution is 14.1. The van der Waals surface area contributed by atoms with Crippen LogP contribution < -0.4 is 0 Å². The van der Waals surface area contributed by atoms with Crippen LogP contribution in [0.15, 0.2) is 36.7 Å². The van der Waals surface area contributed by atoms with E-state index in [0.29, 0.717) is 6.42 Å². The van der Waals surface area contributed by atoms with Crippen molar-refractivity contribution in [1.29, 1.82) is 0 Å². The van der Waals surface area contributed by atoms with Gasteiger partial charge in [0.25, 0.3) is 0 Å². The minimum absolute atomic E-state index is 0.226. The third-order valence-electron chi connectivity index (χ3n) is 4.82. The zero-order chi connectivity index (χ0) is 18.4. The Balaban J connectivity index is 0.00000109. The molecule has 0 fully saturated rings. The number of halogens is 1. The fraction of sp³-hybridized carbons (Fsp3) is 0.364. The van der Waals surface area contributed by atoms with E-state index in [1.165, 1.54) is 33.4 Å². The summed E-state index contributed by atoms with van der Waals surface area (Å²) in [5.41, 5.74) is 8.73. The number of carbonyl (C=O) groups is 1. The summed E-state index contributed by atoms with van der Waals surface area (Å²) in [6.07, 6.45) is 7.59. The number of rotatable bonds is 3. The fourth-order valence-electron chi connectivity index (χ4n) is 3.50. The van der Waals surface area contributed by atoms with Crippen LogP contribution in [-0.2, 0) is 6.42 Å². The number of hydrogen-bond acceptors (Lipinski definition) is 2. The van der Waals surface area contributed by atoms with Crippen molar-refractivity contribution in [1.82, 2.24) is 4.98 Å². The predicted molar refractivity (Wildman–Crippen MR) is 115 cm³/mol. The van der Waals surface area contributed by atoms with Crippen LogP contribution in [0.5, 0.6) is 0 Å². The molecular formula is C22H26INO. The van der Waals surface area contributed by atoms with Gasteiger partial charge in [-0.25, -0.2) is 0 Å². The van der Waals surface area contributed by atoms with E-state index in [0.717, 1.165) is 24.8 Å². The topological polar surface area (TPSA) is 30.0 Å².